The van der Waals surface area contributed by atoms with Gasteiger partial charge in [0.15, 0.2) is 10.8 Å². The Morgan fingerprint density at radius 1 is 0.978 bits per heavy atom. The normalized spacial score (nSPS) is 22.1. The minimum atomic E-state index is -4.23. The fraction of sp³-hybridized carbons (Fsp3) is 0.576. The Bertz CT molecular complexity index is 1610. The van der Waals surface area contributed by atoms with E-state index < -0.39 is 15.9 Å². The molecule has 3 aromatic heterocycles. The molecule has 1 saturated heterocycles. The maximum Gasteiger partial charge on any atom is 0.281 e. The molecule has 0 radical (unpaired) electrons. The van der Waals surface area contributed by atoms with E-state index in [9.17, 15) is 13.2 Å². The summed E-state index contributed by atoms with van der Waals surface area (Å²) in [5, 5.41) is 4.43. The van der Waals surface area contributed by atoms with Crippen molar-refractivity contribution >= 4 is 27.6 Å². The van der Waals surface area contributed by atoms with E-state index in [0.717, 1.165) is 32.2 Å². The highest BCUT2D eigenvalue weighted by atomic mass is 32.2. The molecule has 1 amide bonds. The molecule has 0 unspecified atom stereocenters. The van der Waals surface area contributed by atoms with E-state index in [2.05, 4.69) is 33.6 Å². The number of sulfonamides is 1. The van der Waals surface area contributed by atoms with Crippen molar-refractivity contribution in [3.63, 3.8) is 0 Å². The molecule has 1 atom stereocenters. The maximum absolute atomic E-state index is 13.7. The summed E-state index contributed by atoms with van der Waals surface area (Å²) in [4.78, 5) is 27.1. The second-order valence-corrected chi connectivity index (χ2v) is 15.1. The average molecular weight is 636 g/mol. The van der Waals surface area contributed by atoms with Crippen molar-refractivity contribution < 1.29 is 17.9 Å². The Hall–Kier alpha value is -3.67. The number of hydrogen-bond acceptors (Lipinski definition) is 9. The monoisotopic (exact) mass is 635 g/mol. The first-order valence-electron chi connectivity index (χ1n) is 16.3. The van der Waals surface area contributed by atoms with Crippen LogP contribution in [0, 0.1) is 11.8 Å². The van der Waals surface area contributed by atoms with E-state index in [1.807, 2.05) is 18.0 Å². The Balaban J connectivity index is 1.29. The zero-order chi connectivity index (χ0) is 31.6. The van der Waals surface area contributed by atoms with E-state index in [1.54, 1.807) is 35.1 Å². The van der Waals surface area contributed by atoms with Gasteiger partial charge >= 0.3 is 0 Å². The van der Waals surface area contributed by atoms with Gasteiger partial charge in [-0.25, -0.2) is 19.4 Å². The Morgan fingerprint density at radius 3 is 2.58 bits per heavy atom. The number of pyridine rings is 2. The predicted molar refractivity (Wildman–Crippen MR) is 174 cm³/mol. The second-order valence-electron chi connectivity index (χ2n) is 13.5. The van der Waals surface area contributed by atoms with Crippen LogP contribution in [-0.2, 0) is 10.0 Å². The molecule has 2 fully saturated rings. The van der Waals surface area contributed by atoms with Crippen LogP contribution < -0.4 is 19.3 Å². The van der Waals surface area contributed by atoms with Gasteiger partial charge in [-0.2, -0.15) is 8.42 Å². The molecular weight excluding hydrogens is 590 g/mol. The van der Waals surface area contributed by atoms with Crippen LogP contribution in [0.25, 0.3) is 5.82 Å². The number of rotatable bonds is 5. The van der Waals surface area contributed by atoms with Crippen LogP contribution in [0.1, 0.15) is 88.4 Å². The molecule has 5 heterocycles. The van der Waals surface area contributed by atoms with Crippen molar-refractivity contribution in [2.45, 2.75) is 88.6 Å². The third kappa shape index (κ3) is 7.10. The topological polar surface area (TPSA) is 123 Å². The van der Waals surface area contributed by atoms with Crippen LogP contribution in [-0.4, -0.2) is 66.4 Å². The number of nitrogens with zero attached hydrogens (tertiary/aromatic N) is 6. The number of amides is 1. The summed E-state index contributed by atoms with van der Waals surface area (Å²) < 4.78 is 36.6. The van der Waals surface area contributed by atoms with Crippen LogP contribution in [0.15, 0.2) is 47.6 Å². The quantitative estimate of drug-likeness (QED) is 0.370. The van der Waals surface area contributed by atoms with Gasteiger partial charge in [-0.3, -0.25) is 4.79 Å². The molecule has 1 N–H and O–H groups in total. The van der Waals surface area contributed by atoms with Gasteiger partial charge in [0.1, 0.15) is 11.6 Å². The van der Waals surface area contributed by atoms with Crippen LogP contribution >= 0.6 is 0 Å². The first-order chi connectivity index (χ1) is 21.6. The smallest absolute Gasteiger partial charge is 0.281 e. The molecule has 0 aromatic carbocycles. The number of fused-ring (bicyclic) bond motifs is 6. The molecule has 12 heteroatoms. The van der Waals surface area contributed by atoms with Gasteiger partial charge in [0.25, 0.3) is 15.9 Å². The molecule has 1 saturated carbocycles. The number of ether oxygens (including phenoxy) is 1. The van der Waals surface area contributed by atoms with Crippen molar-refractivity contribution in [3.8, 4) is 11.7 Å². The van der Waals surface area contributed by atoms with Crippen molar-refractivity contribution in [2.24, 2.45) is 11.8 Å². The average Bonchev–Trinajstić information content (AvgIpc) is 3.50. The summed E-state index contributed by atoms with van der Waals surface area (Å²) in [5.41, 5.74) is -0.110. The van der Waals surface area contributed by atoms with Crippen LogP contribution in [0.2, 0.25) is 0 Å². The van der Waals surface area contributed by atoms with Crippen LogP contribution in [0.3, 0.4) is 0 Å². The van der Waals surface area contributed by atoms with Gasteiger partial charge in [0, 0.05) is 37.9 Å². The minimum Gasteiger partial charge on any atom is -0.477 e. The van der Waals surface area contributed by atoms with Gasteiger partial charge in [-0.05, 0) is 75.6 Å². The zero-order valence-electron chi connectivity index (χ0n) is 26.6. The maximum atomic E-state index is 13.7. The van der Waals surface area contributed by atoms with Gasteiger partial charge in [0.2, 0.25) is 5.88 Å². The number of carbonyl (C=O) groups excluding carboxylic acids is 1. The van der Waals surface area contributed by atoms with Crippen molar-refractivity contribution in [2.75, 3.05) is 36.5 Å². The lowest BCUT2D eigenvalue weighted by Gasteiger charge is -2.34. The highest BCUT2D eigenvalue weighted by Gasteiger charge is 2.41. The first kappa shape index (κ1) is 31.3. The van der Waals surface area contributed by atoms with E-state index in [0.29, 0.717) is 48.3 Å². The highest BCUT2D eigenvalue weighted by molar-refractivity contribution is 7.90. The number of aromatic nitrogens is 4. The fourth-order valence-corrected chi connectivity index (χ4v) is 8.05. The van der Waals surface area contributed by atoms with E-state index in [-0.39, 0.29) is 16.1 Å². The molecule has 11 nitrogen and oxygen atoms in total. The summed E-state index contributed by atoms with van der Waals surface area (Å²) in [7, 11) is -2.33. The third-order valence-corrected chi connectivity index (χ3v) is 10.8. The molecule has 3 aliphatic rings. The minimum absolute atomic E-state index is 0.186. The number of anilines is 2. The molecule has 2 aliphatic heterocycles. The van der Waals surface area contributed by atoms with Gasteiger partial charge in [-0.1, -0.05) is 44.6 Å². The summed E-state index contributed by atoms with van der Waals surface area (Å²) in [6.07, 6.45) is 13.5. The third-order valence-electron chi connectivity index (χ3n) is 9.58. The summed E-state index contributed by atoms with van der Waals surface area (Å²) in [6.45, 7) is 6.38. The molecule has 3 aromatic rings. The summed E-state index contributed by atoms with van der Waals surface area (Å²) in [5.74, 6) is 2.40. The lowest BCUT2D eigenvalue weighted by Crippen LogP contribution is -2.41. The second kappa shape index (κ2) is 13.0. The Morgan fingerprint density at radius 2 is 1.78 bits per heavy atom. The van der Waals surface area contributed by atoms with Crippen molar-refractivity contribution in [1.29, 1.82) is 0 Å². The number of nitrogens with one attached hydrogen (secondary N) is 1. The molecular formula is C33H45N7O4S. The molecule has 242 valence electrons. The Labute approximate surface area is 266 Å². The fourth-order valence-electron chi connectivity index (χ4n) is 7.12. The first-order valence-corrected chi connectivity index (χ1v) is 17.8. The van der Waals surface area contributed by atoms with Gasteiger partial charge in [0.05, 0.1) is 12.2 Å². The summed E-state index contributed by atoms with van der Waals surface area (Å²) in [6, 6.07) is 9.98. The highest BCUT2D eigenvalue weighted by Crippen LogP contribution is 2.40. The van der Waals surface area contributed by atoms with E-state index >= 15 is 0 Å². The van der Waals surface area contributed by atoms with Crippen LogP contribution in [0.5, 0.6) is 5.88 Å². The van der Waals surface area contributed by atoms with Crippen LogP contribution in [0.4, 0.5) is 11.6 Å². The SMILES string of the molecule is CN1CCC[C@@H]2CN(c3nc(-n4ccc(OCCC5CCCCCC5)n4)ccc3C(=O)NS(=O)(=O)c3cccc1n3)C(C)(C)C2. The Kier molecular flexibility index (Phi) is 9.03. The zero-order valence-corrected chi connectivity index (χ0v) is 27.4. The van der Waals surface area contributed by atoms with Crippen molar-refractivity contribution in [3.05, 3.63) is 48.2 Å². The molecule has 45 heavy (non-hydrogen) atoms. The van der Waals surface area contributed by atoms with E-state index in [4.69, 9.17) is 9.72 Å². The molecule has 1 aliphatic carbocycles. The van der Waals surface area contributed by atoms with E-state index in [1.165, 1.54) is 44.6 Å². The number of hydrogen-bond donors (Lipinski definition) is 1. The van der Waals surface area contributed by atoms with Gasteiger partial charge < -0.3 is 14.5 Å². The standard InChI is InChI=1S/C33H45N7O4S/c1-33(2)22-25-12-9-19-38(3)27-13-8-14-30(34-27)45(42,43)37-32(41)26-15-16-28(35-31(26)39(33)23-25)40-20-17-29(36-40)44-21-18-24-10-6-4-5-7-11-24/h8,13-17,20,24-25H,4-7,9-12,18-19,21-23H2,1-3H3,(H,37,41)/t25-/m0/s1. The summed E-state index contributed by atoms with van der Waals surface area (Å²) >= 11 is 0. The molecule has 0 spiro atoms. The lowest BCUT2D eigenvalue weighted by atomic mass is 9.93. The molecule has 6 rings (SSSR count). The van der Waals surface area contributed by atoms with Gasteiger partial charge in [-0.15, -0.1) is 5.10 Å². The van der Waals surface area contributed by atoms with Crippen molar-refractivity contribution in [1.82, 2.24) is 24.5 Å². The largest absolute Gasteiger partial charge is 0.477 e. The molecule has 4 bridgehead atoms. The lowest BCUT2D eigenvalue weighted by molar-refractivity contribution is 0.0981. The number of carbonyl (C=O) groups is 1. The predicted octanol–water partition coefficient (Wildman–Crippen LogP) is 5.36.